The van der Waals surface area contributed by atoms with Gasteiger partial charge in [-0.3, -0.25) is 10.1 Å². The highest BCUT2D eigenvalue weighted by atomic mass is 16.6. The molecule has 0 fully saturated rings. The van der Waals surface area contributed by atoms with E-state index in [0.717, 1.165) is 5.56 Å². The van der Waals surface area contributed by atoms with E-state index in [1.54, 1.807) is 6.07 Å². The van der Waals surface area contributed by atoms with E-state index in [4.69, 9.17) is 10.00 Å². The maximum Gasteiger partial charge on any atom is 0.287 e. The number of nitro groups is 1. The number of nitro benzene ring substituents is 1. The molecule has 0 radical (unpaired) electrons. The molecule has 21 heavy (non-hydrogen) atoms. The SMILES string of the molecule is CNCc1ccccc1Oc1ccc([N+](=O)[O-])c(C#N)c1. The fraction of sp³-hybridized carbons (Fsp3) is 0.133. The summed E-state index contributed by atoms with van der Waals surface area (Å²) >= 11 is 0. The van der Waals surface area contributed by atoms with Gasteiger partial charge in [0.15, 0.2) is 0 Å². The van der Waals surface area contributed by atoms with E-state index in [0.29, 0.717) is 18.0 Å². The third-order valence-corrected chi connectivity index (χ3v) is 2.85. The van der Waals surface area contributed by atoms with Gasteiger partial charge >= 0.3 is 0 Å². The quantitative estimate of drug-likeness (QED) is 0.673. The number of nitriles is 1. The Kier molecular flexibility index (Phi) is 4.49. The lowest BCUT2D eigenvalue weighted by Gasteiger charge is -2.11. The summed E-state index contributed by atoms with van der Waals surface area (Å²) in [6, 6.07) is 13.4. The Hall–Kier alpha value is -2.91. The second-order valence-electron chi connectivity index (χ2n) is 4.29. The predicted molar refractivity (Wildman–Crippen MR) is 77.1 cm³/mol. The van der Waals surface area contributed by atoms with Crippen LogP contribution in [-0.2, 0) is 6.54 Å². The van der Waals surface area contributed by atoms with Crippen molar-refractivity contribution < 1.29 is 9.66 Å². The van der Waals surface area contributed by atoms with Crippen molar-refractivity contribution in [3.8, 4) is 17.6 Å². The molecule has 0 aliphatic carbocycles. The number of nitrogens with zero attached hydrogens (tertiary/aromatic N) is 2. The molecule has 6 heteroatoms. The van der Waals surface area contributed by atoms with Crippen molar-refractivity contribution in [2.75, 3.05) is 7.05 Å². The molecule has 0 bridgehead atoms. The maximum absolute atomic E-state index is 10.8. The third kappa shape index (κ3) is 3.35. The predicted octanol–water partition coefficient (Wildman–Crippen LogP) is 2.98. The Balaban J connectivity index is 2.33. The van der Waals surface area contributed by atoms with Crippen LogP contribution in [0.25, 0.3) is 0 Å². The van der Waals surface area contributed by atoms with Crippen LogP contribution in [0.1, 0.15) is 11.1 Å². The van der Waals surface area contributed by atoms with Crippen LogP contribution in [0.15, 0.2) is 42.5 Å². The maximum atomic E-state index is 10.8. The second kappa shape index (κ2) is 6.50. The molecule has 2 rings (SSSR count). The number of rotatable bonds is 5. The van der Waals surface area contributed by atoms with Crippen molar-refractivity contribution in [1.29, 1.82) is 5.26 Å². The van der Waals surface area contributed by atoms with Crippen LogP contribution in [0.5, 0.6) is 11.5 Å². The Bertz CT molecular complexity index is 708. The molecule has 106 valence electrons. The highest BCUT2D eigenvalue weighted by Crippen LogP contribution is 2.29. The standard InChI is InChI=1S/C15H13N3O3/c1-17-10-11-4-2-3-5-15(11)21-13-6-7-14(18(19)20)12(8-13)9-16/h2-8,17H,10H2,1H3. The van der Waals surface area contributed by atoms with Crippen molar-refractivity contribution >= 4 is 5.69 Å². The minimum absolute atomic E-state index is 0.0244. The monoisotopic (exact) mass is 283 g/mol. The van der Waals surface area contributed by atoms with E-state index in [2.05, 4.69) is 5.32 Å². The molecule has 0 aliphatic heterocycles. The Labute approximate surface area is 121 Å². The lowest BCUT2D eigenvalue weighted by atomic mass is 10.1. The summed E-state index contributed by atoms with van der Waals surface area (Å²) in [5, 5.41) is 22.8. The molecule has 2 aromatic carbocycles. The molecule has 0 saturated carbocycles. The van der Waals surface area contributed by atoms with Crippen LogP contribution in [0.3, 0.4) is 0 Å². The summed E-state index contributed by atoms with van der Waals surface area (Å²) < 4.78 is 5.73. The largest absolute Gasteiger partial charge is 0.457 e. The molecule has 2 aromatic rings. The Morgan fingerprint density at radius 3 is 2.76 bits per heavy atom. The van der Waals surface area contributed by atoms with Crippen molar-refractivity contribution in [2.24, 2.45) is 0 Å². The molecule has 0 saturated heterocycles. The number of nitrogens with one attached hydrogen (secondary N) is 1. The number of hydrogen-bond acceptors (Lipinski definition) is 5. The number of ether oxygens (including phenoxy) is 1. The number of benzene rings is 2. The Morgan fingerprint density at radius 2 is 2.10 bits per heavy atom. The van der Waals surface area contributed by atoms with Crippen molar-refractivity contribution in [3.63, 3.8) is 0 Å². The lowest BCUT2D eigenvalue weighted by molar-refractivity contribution is -0.385. The lowest BCUT2D eigenvalue weighted by Crippen LogP contribution is -2.06. The molecular weight excluding hydrogens is 270 g/mol. The molecule has 0 amide bonds. The van der Waals surface area contributed by atoms with E-state index in [9.17, 15) is 10.1 Å². The van der Waals surface area contributed by atoms with Gasteiger partial charge in [0.25, 0.3) is 5.69 Å². The van der Waals surface area contributed by atoms with Gasteiger partial charge < -0.3 is 10.1 Å². The van der Waals surface area contributed by atoms with Gasteiger partial charge in [-0.25, -0.2) is 0 Å². The summed E-state index contributed by atoms with van der Waals surface area (Å²) in [4.78, 5) is 10.2. The van der Waals surface area contributed by atoms with Crippen LogP contribution in [0.4, 0.5) is 5.69 Å². The van der Waals surface area contributed by atoms with Gasteiger partial charge in [0.1, 0.15) is 23.1 Å². The highest BCUT2D eigenvalue weighted by Gasteiger charge is 2.15. The topological polar surface area (TPSA) is 88.2 Å². The minimum atomic E-state index is -0.586. The van der Waals surface area contributed by atoms with E-state index in [-0.39, 0.29) is 11.3 Å². The molecule has 0 aromatic heterocycles. The fourth-order valence-electron chi connectivity index (χ4n) is 1.89. The smallest absolute Gasteiger partial charge is 0.287 e. The van der Waals surface area contributed by atoms with Crippen LogP contribution >= 0.6 is 0 Å². The summed E-state index contributed by atoms with van der Waals surface area (Å²) in [5.41, 5.74) is 0.703. The number of para-hydroxylation sites is 1. The summed E-state index contributed by atoms with van der Waals surface area (Å²) in [5.74, 6) is 1.03. The highest BCUT2D eigenvalue weighted by molar-refractivity contribution is 5.53. The summed E-state index contributed by atoms with van der Waals surface area (Å²) in [7, 11) is 1.83. The molecule has 0 aliphatic rings. The molecule has 0 spiro atoms. The van der Waals surface area contributed by atoms with Gasteiger partial charge in [0.2, 0.25) is 0 Å². The zero-order chi connectivity index (χ0) is 15.2. The average Bonchev–Trinajstić information content (AvgIpc) is 2.49. The zero-order valence-corrected chi connectivity index (χ0v) is 11.4. The second-order valence-corrected chi connectivity index (χ2v) is 4.29. The van der Waals surface area contributed by atoms with Gasteiger partial charge in [-0.2, -0.15) is 5.26 Å². The van der Waals surface area contributed by atoms with Crippen molar-refractivity contribution in [1.82, 2.24) is 5.32 Å². The summed E-state index contributed by atoms with van der Waals surface area (Å²) in [6.07, 6.45) is 0. The van der Waals surface area contributed by atoms with Gasteiger partial charge in [0, 0.05) is 24.2 Å². The van der Waals surface area contributed by atoms with Crippen molar-refractivity contribution in [3.05, 3.63) is 63.7 Å². The van der Waals surface area contributed by atoms with Crippen LogP contribution in [0.2, 0.25) is 0 Å². The Morgan fingerprint density at radius 1 is 1.33 bits per heavy atom. The van der Waals surface area contributed by atoms with Gasteiger partial charge in [-0.05, 0) is 19.2 Å². The molecule has 6 nitrogen and oxygen atoms in total. The first-order chi connectivity index (χ1) is 10.2. The van der Waals surface area contributed by atoms with E-state index >= 15 is 0 Å². The molecule has 1 N–H and O–H groups in total. The zero-order valence-electron chi connectivity index (χ0n) is 11.4. The van der Waals surface area contributed by atoms with E-state index < -0.39 is 4.92 Å². The van der Waals surface area contributed by atoms with Gasteiger partial charge in [-0.15, -0.1) is 0 Å². The molecule has 0 unspecified atom stereocenters. The van der Waals surface area contributed by atoms with Crippen LogP contribution < -0.4 is 10.1 Å². The summed E-state index contributed by atoms with van der Waals surface area (Å²) in [6.45, 7) is 0.633. The van der Waals surface area contributed by atoms with Crippen LogP contribution in [-0.4, -0.2) is 12.0 Å². The van der Waals surface area contributed by atoms with Gasteiger partial charge in [-0.1, -0.05) is 18.2 Å². The van der Waals surface area contributed by atoms with Crippen LogP contribution in [0, 0.1) is 21.4 Å². The van der Waals surface area contributed by atoms with Gasteiger partial charge in [0.05, 0.1) is 4.92 Å². The minimum Gasteiger partial charge on any atom is -0.457 e. The first-order valence-electron chi connectivity index (χ1n) is 6.24. The van der Waals surface area contributed by atoms with Crippen molar-refractivity contribution in [2.45, 2.75) is 6.54 Å². The normalized spacial score (nSPS) is 9.90. The fourth-order valence-corrected chi connectivity index (χ4v) is 1.89. The molecule has 0 atom stereocenters. The average molecular weight is 283 g/mol. The van der Waals surface area contributed by atoms with E-state index in [1.165, 1.54) is 18.2 Å². The van der Waals surface area contributed by atoms with E-state index in [1.807, 2.05) is 31.3 Å². The third-order valence-electron chi connectivity index (χ3n) is 2.85. The number of hydrogen-bond donors (Lipinski definition) is 1. The first-order valence-corrected chi connectivity index (χ1v) is 6.24. The molecule has 0 heterocycles. The molecular formula is C15H13N3O3. The first kappa shape index (κ1) is 14.5.